The zero-order chi connectivity index (χ0) is 13.7. The third-order valence-electron chi connectivity index (χ3n) is 2.96. The highest BCUT2D eigenvalue weighted by molar-refractivity contribution is 5.38. The summed E-state index contributed by atoms with van der Waals surface area (Å²) in [6, 6.07) is 0.317. The number of nitrogens with one attached hydrogen (secondary N) is 1. The number of nitrogen functional groups attached to an aromatic ring is 1. The Labute approximate surface area is 113 Å². The molecule has 0 bridgehead atoms. The van der Waals surface area contributed by atoms with Gasteiger partial charge in [0.05, 0.1) is 6.61 Å². The number of nitrogens with zero attached hydrogens (tertiary/aromatic N) is 4. The van der Waals surface area contributed by atoms with Gasteiger partial charge >= 0.3 is 6.01 Å². The van der Waals surface area contributed by atoms with Crippen molar-refractivity contribution < 1.29 is 4.74 Å². The topological polar surface area (TPSA) is 89.2 Å². The molecular weight excluding hydrogens is 244 g/mol. The average Bonchev–Trinajstić information content (AvgIpc) is 3.22. The van der Waals surface area contributed by atoms with Crippen LogP contribution in [0.2, 0.25) is 0 Å². The van der Waals surface area contributed by atoms with Crippen LogP contribution < -0.4 is 20.9 Å². The Morgan fingerprint density at radius 1 is 1.32 bits per heavy atom. The van der Waals surface area contributed by atoms with Gasteiger partial charge in [-0.25, -0.2) is 5.84 Å². The molecule has 0 aromatic carbocycles. The highest BCUT2D eigenvalue weighted by Crippen LogP contribution is 2.31. The van der Waals surface area contributed by atoms with Crippen LogP contribution >= 0.6 is 0 Å². The molecule has 1 heterocycles. The second-order valence-electron chi connectivity index (χ2n) is 4.71. The van der Waals surface area contributed by atoms with Crippen molar-refractivity contribution in [1.29, 1.82) is 0 Å². The molecule has 2 rings (SSSR count). The maximum Gasteiger partial charge on any atom is 0.323 e. The van der Waals surface area contributed by atoms with Gasteiger partial charge in [-0.05, 0) is 32.1 Å². The Morgan fingerprint density at radius 2 is 2.11 bits per heavy atom. The molecule has 3 N–H and O–H groups in total. The molecule has 19 heavy (non-hydrogen) atoms. The zero-order valence-corrected chi connectivity index (χ0v) is 11.6. The molecule has 0 radical (unpaired) electrons. The molecule has 0 atom stereocenters. The molecule has 7 heteroatoms. The minimum Gasteiger partial charge on any atom is -0.464 e. The first-order valence-corrected chi connectivity index (χ1v) is 6.87. The van der Waals surface area contributed by atoms with E-state index < -0.39 is 0 Å². The van der Waals surface area contributed by atoms with Gasteiger partial charge in [-0.3, -0.25) is 5.43 Å². The molecule has 0 unspecified atom stereocenters. The first kappa shape index (κ1) is 13.8. The molecule has 1 aliphatic carbocycles. The van der Waals surface area contributed by atoms with Gasteiger partial charge in [0, 0.05) is 13.1 Å². The van der Waals surface area contributed by atoms with Crippen molar-refractivity contribution in [3.8, 4) is 6.01 Å². The lowest BCUT2D eigenvalue weighted by molar-refractivity contribution is 0.312. The van der Waals surface area contributed by atoms with E-state index >= 15 is 0 Å². The summed E-state index contributed by atoms with van der Waals surface area (Å²) in [4.78, 5) is 14.9. The summed E-state index contributed by atoms with van der Waals surface area (Å²) in [5.74, 6) is 7.14. The number of nitrogens with two attached hydrogens (primary N) is 1. The van der Waals surface area contributed by atoms with E-state index in [0.29, 0.717) is 24.5 Å². The standard InChI is InChI=1S/C12H22N6O/c1-3-7-18(8-9-5-6-9)11-14-10(17-13)15-12(16-11)19-4-2/h9H,3-8,13H2,1-2H3,(H,14,15,16,17). The first-order valence-electron chi connectivity index (χ1n) is 6.87. The highest BCUT2D eigenvalue weighted by Gasteiger charge is 2.25. The van der Waals surface area contributed by atoms with E-state index in [4.69, 9.17) is 10.6 Å². The van der Waals surface area contributed by atoms with E-state index in [1.807, 2.05) is 6.92 Å². The Morgan fingerprint density at radius 3 is 2.68 bits per heavy atom. The van der Waals surface area contributed by atoms with Gasteiger partial charge in [0.2, 0.25) is 11.9 Å². The van der Waals surface area contributed by atoms with Crippen LogP contribution in [0.4, 0.5) is 11.9 Å². The van der Waals surface area contributed by atoms with E-state index in [0.717, 1.165) is 25.4 Å². The molecule has 106 valence electrons. The van der Waals surface area contributed by atoms with Crippen molar-refractivity contribution >= 4 is 11.9 Å². The van der Waals surface area contributed by atoms with Crippen LogP contribution in [0, 0.1) is 5.92 Å². The Kier molecular flexibility index (Phi) is 4.73. The van der Waals surface area contributed by atoms with Crippen molar-refractivity contribution in [3.63, 3.8) is 0 Å². The van der Waals surface area contributed by atoms with Crippen LogP contribution in [-0.2, 0) is 0 Å². The number of aromatic nitrogens is 3. The summed E-state index contributed by atoms with van der Waals surface area (Å²) in [6.45, 7) is 6.48. The van der Waals surface area contributed by atoms with Gasteiger partial charge in [-0.2, -0.15) is 15.0 Å². The van der Waals surface area contributed by atoms with E-state index in [1.165, 1.54) is 12.8 Å². The number of ether oxygens (including phenoxy) is 1. The van der Waals surface area contributed by atoms with Crippen molar-refractivity contribution in [2.45, 2.75) is 33.1 Å². The van der Waals surface area contributed by atoms with Gasteiger partial charge in [0.1, 0.15) is 0 Å². The summed E-state index contributed by atoms with van der Waals surface area (Å²) < 4.78 is 5.35. The van der Waals surface area contributed by atoms with Crippen LogP contribution in [0.1, 0.15) is 33.1 Å². The fourth-order valence-electron chi connectivity index (χ4n) is 1.90. The summed E-state index contributed by atoms with van der Waals surface area (Å²) >= 11 is 0. The summed E-state index contributed by atoms with van der Waals surface area (Å²) in [7, 11) is 0. The molecule has 7 nitrogen and oxygen atoms in total. The number of anilines is 2. The molecule has 0 saturated heterocycles. The third-order valence-corrected chi connectivity index (χ3v) is 2.96. The molecular formula is C12H22N6O. The quantitative estimate of drug-likeness (QED) is 0.539. The average molecular weight is 266 g/mol. The predicted molar refractivity (Wildman–Crippen MR) is 74.0 cm³/mol. The van der Waals surface area contributed by atoms with E-state index in [9.17, 15) is 0 Å². The molecule has 1 aromatic rings. The lowest BCUT2D eigenvalue weighted by Crippen LogP contribution is -2.29. The minimum absolute atomic E-state index is 0.317. The largest absolute Gasteiger partial charge is 0.464 e. The highest BCUT2D eigenvalue weighted by atomic mass is 16.5. The van der Waals surface area contributed by atoms with Gasteiger partial charge in [0.25, 0.3) is 0 Å². The van der Waals surface area contributed by atoms with Crippen molar-refractivity contribution in [2.75, 3.05) is 30.0 Å². The van der Waals surface area contributed by atoms with Gasteiger partial charge in [-0.15, -0.1) is 0 Å². The summed E-state index contributed by atoms with van der Waals surface area (Å²) in [6.07, 6.45) is 3.64. The van der Waals surface area contributed by atoms with Gasteiger partial charge in [-0.1, -0.05) is 6.92 Å². The monoisotopic (exact) mass is 266 g/mol. The van der Waals surface area contributed by atoms with Crippen LogP contribution in [0.25, 0.3) is 0 Å². The van der Waals surface area contributed by atoms with Crippen molar-refractivity contribution in [1.82, 2.24) is 15.0 Å². The van der Waals surface area contributed by atoms with Crippen molar-refractivity contribution in [2.24, 2.45) is 11.8 Å². The van der Waals surface area contributed by atoms with Crippen molar-refractivity contribution in [3.05, 3.63) is 0 Å². The smallest absolute Gasteiger partial charge is 0.323 e. The first-order chi connectivity index (χ1) is 9.26. The molecule has 0 aliphatic heterocycles. The molecule has 1 fully saturated rings. The molecule has 1 aliphatic rings. The minimum atomic E-state index is 0.317. The number of rotatable bonds is 8. The lowest BCUT2D eigenvalue weighted by Gasteiger charge is -2.22. The van der Waals surface area contributed by atoms with E-state index in [1.54, 1.807) is 0 Å². The fourth-order valence-corrected chi connectivity index (χ4v) is 1.90. The van der Waals surface area contributed by atoms with Crippen LogP contribution in [0.15, 0.2) is 0 Å². The maximum absolute atomic E-state index is 5.39. The lowest BCUT2D eigenvalue weighted by atomic mass is 10.3. The second-order valence-corrected chi connectivity index (χ2v) is 4.71. The third kappa shape index (κ3) is 3.92. The number of hydrazine groups is 1. The van der Waals surface area contributed by atoms with Crippen LogP contribution in [0.5, 0.6) is 6.01 Å². The fraction of sp³-hybridized carbons (Fsp3) is 0.750. The summed E-state index contributed by atoms with van der Waals surface area (Å²) in [5.41, 5.74) is 2.46. The summed E-state index contributed by atoms with van der Waals surface area (Å²) in [5, 5.41) is 0. The number of hydrogen-bond acceptors (Lipinski definition) is 7. The maximum atomic E-state index is 5.39. The Balaban J connectivity index is 2.19. The molecule has 0 amide bonds. The van der Waals surface area contributed by atoms with E-state index in [2.05, 4.69) is 32.2 Å². The van der Waals surface area contributed by atoms with Crippen LogP contribution in [0.3, 0.4) is 0 Å². The molecule has 1 saturated carbocycles. The predicted octanol–water partition coefficient (Wildman–Crippen LogP) is 1.18. The van der Waals surface area contributed by atoms with Gasteiger partial charge < -0.3 is 9.64 Å². The van der Waals surface area contributed by atoms with Gasteiger partial charge in [0.15, 0.2) is 0 Å². The zero-order valence-electron chi connectivity index (χ0n) is 11.6. The SMILES string of the molecule is CCCN(CC1CC1)c1nc(NN)nc(OCC)n1. The Bertz CT molecular complexity index is 409. The normalized spacial score (nSPS) is 14.3. The van der Waals surface area contributed by atoms with Crippen LogP contribution in [-0.4, -0.2) is 34.6 Å². The van der Waals surface area contributed by atoms with E-state index in [-0.39, 0.29) is 0 Å². The number of hydrogen-bond donors (Lipinski definition) is 2. The second kappa shape index (κ2) is 6.51. The Hall–Kier alpha value is -1.63. The molecule has 1 aromatic heterocycles. The molecule has 0 spiro atoms.